The standard InChI is InChI=1S/C16H33N/c1-10(2)14-9-16(12(5)6,13(7)8)17-15(14)11(3)4/h10-15,17H,9H2,1-8H3. The highest BCUT2D eigenvalue weighted by molar-refractivity contribution is 5.06. The van der Waals surface area contributed by atoms with Gasteiger partial charge in [-0.3, -0.25) is 0 Å². The second-order valence-electron chi connectivity index (χ2n) is 7.38. The lowest BCUT2D eigenvalue weighted by Gasteiger charge is -2.39. The minimum absolute atomic E-state index is 0.351. The second kappa shape index (κ2) is 5.30. The molecule has 2 atom stereocenters. The lowest BCUT2D eigenvalue weighted by atomic mass is 9.72. The average Bonchev–Trinajstić information content (AvgIpc) is 2.58. The van der Waals surface area contributed by atoms with Crippen LogP contribution in [0.25, 0.3) is 0 Å². The molecule has 1 N–H and O–H groups in total. The monoisotopic (exact) mass is 239 g/mol. The summed E-state index contributed by atoms with van der Waals surface area (Å²) in [6, 6.07) is 0.694. The predicted molar refractivity (Wildman–Crippen MR) is 77.1 cm³/mol. The van der Waals surface area contributed by atoms with E-state index in [9.17, 15) is 0 Å². The highest BCUT2D eigenvalue weighted by Crippen LogP contribution is 2.44. The van der Waals surface area contributed by atoms with E-state index in [1.807, 2.05) is 0 Å². The van der Waals surface area contributed by atoms with Crippen LogP contribution in [-0.4, -0.2) is 11.6 Å². The van der Waals surface area contributed by atoms with Crippen molar-refractivity contribution >= 4 is 0 Å². The Bertz CT molecular complexity index is 214. The van der Waals surface area contributed by atoms with E-state index < -0.39 is 0 Å². The van der Waals surface area contributed by atoms with Gasteiger partial charge < -0.3 is 5.32 Å². The van der Waals surface area contributed by atoms with Gasteiger partial charge in [0.15, 0.2) is 0 Å². The molecule has 1 heteroatoms. The molecule has 0 spiro atoms. The van der Waals surface area contributed by atoms with E-state index in [0.29, 0.717) is 23.4 Å². The molecule has 1 saturated heterocycles. The van der Waals surface area contributed by atoms with Crippen molar-refractivity contribution in [2.45, 2.75) is 73.4 Å². The van der Waals surface area contributed by atoms with Crippen LogP contribution in [0.2, 0.25) is 0 Å². The molecule has 1 fully saturated rings. The van der Waals surface area contributed by atoms with Crippen molar-refractivity contribution in [2.75, 3.05) is 0 Å². The van der Waals surface area contributed by atoms with Crippen LogP contribution >= 0.6 is 0 Å². The maximum atomic E-state index is 4.03. The largest absolute Gasteiger partial charge is 0.307 e. The molecule has 0 radical (unpaired) electrons. The van der Waals surface area contributed by atoms with Crippen LogP contribution in [-0.2, 0) is 0 Å². The van der Waals surface area contributed by atoms with Gasteiger partial charge in [0.25, 0.3) is 0 Å². The van der Waals surface area contributed by atoms with E-state index in [1.54, 1.807) is 0 Å². The Morgan fingerprint density at radius 3 is 1.53 bits per heavy atom. The molecule has 1 heterocycles. The van der Waals surface area contributed by atoms with E-state index >= 15 is 0 Å². The summed E-state index contributed by atoms with van der Waals surface area (Å²) in [5, 5.41) is 4.03. The summed E-state index contributed by atoms with van der Waals surface area (Å²) in [7, 11) is 0. The number of hydrogen-bond donors (Lipinski definition) is 1. The third kappa shape index (κ3) is 2.70. The zero-order valence-electron chi connectivity index (χ0n) is 13.2. The van der Waals surface area contributed by atoms with Gasteiger partial charge in [-0.05, 0) is 36.0 Å². The minimum atomic E-state index is 0.351. The summed E-state index contributed by atoms with van der Waals surface area (Å²) < 4.78 is 0. The smallest absolute Gasteiger partial charge is 0.0233 e. The molecule has 1 aliphatic rings. The van der Waals surface area contributed by atoms with E-state index in [2.05, 4.69) is 60.7 Å². The molecule has 1 rings (SSSR count). The third-order valence-corrected chi connectivity index (χ3v) is 5.11. The molecule has 1 nitrogen and oxygen atoms in total. The Kier molecular flexibility index (Phi) is 4.68. The molecular weight excluding hydrogens is 206 g/mol. The third-order valence-electron chi connectivity index (χ3n) is 5.11. The summed E-state index contributed by atoms with van der Waals surface area (Å²) in [6.07, 6.45) is 1.35. The van der Waals surface area contributed by atoms with Crippen LogP contribution in [0.4, 0.5) is 0 Å². The Hall–Kier alpha value is -0.0400. The molecule has 2 unspecified atom stereocenters. The summed E-state index contributed by atoms with van der Waals surface area (Å²) in [6.45, 7) is 19.0. The van der Waals surface area contributed by atoms with Crippen molar-refractivity contribution in [1.29, 1.82) is 0 Å². The first-order valence-corrected chi connectivity index (χ1v) is 7.50. The molecule has 1 aliphatic heterocycles. The molecule has 102 valence electrons. The first kappa shape index (κ1) is 15.0. The average molecular weight is 239 g/mol. The van der Waals surface area contributed by atoms with Gasteiger partial charge in [-0.2, -0.15) is 0 Å². The zero-order valence-corrected chi connectivity index (χ0v) is 13.2. The quantitative estimate of drug-likeness (QED) is 0.770. The molecule has 0 bridgehead atoms. The molecule has 0 aliphatic carbocycles. The van der Waals surface area contributed by atoms with Crippen molar-refractivity contribution < 1.29 is 0 Å². The summed E-state index contributed by atoms with van der Waals surface area (Å²) in [5.74, 6) is 3.79. The fraction of sp³-hybridized carbons (Fsp3) is 1.00. The van der Waals surface area contributed by atoms with Crippen LogP contribution in [0.1, 0.15) is 61.8 Å². The summed E-state index contributed by atoms with van der Waals surface area (Å²) in [4.78, 5) is 0. The normalized spacial score (nSPS) is 28.9. The molecule has 0 aromatic rings. The van der Waals surface area contributed by atoms with Crippen molar-refractivity contribution in [3.05, 3.63) is 0 Å². The molecule has 17 heavy (non-hydrogen) atoms. The fourth-order valence-corrected chi connectivity index (χ4v) is 3.78. The zero-order chi connectivity index (χ0) is 13.4. The Labute approximate surface area is 109 Å². The Morgan fingerprint density at radius 2 is 1.29 bits per heavy atom. The lowest BCUT2D eigenvalue weighted by Crippen LogP contribution is -2.52. The minimum Gasteiger partial charge on any atom is -0.307 e. The van der Waals surface area contributed by atoms with E-state index in [4.69, 9.17) is 0 Å². The lowest BCUT2D eigenvalue weighted by molar-refractivity contribution is 0.177. The van der Waals surface area contributed by atoms with E-state index in [1.165, 1.54) is 6.42 Å². The fourth-order valence-electron chi connectivity index (χ4n) is 3.78. The van der Waals surface area contributed by atoms with Crippen molar-refractivity contribution in [1.82, 2.24) is 5.32 Å². The Balaban J connectivity index is 3.00. The highest BCUT2D eigenvalue weighted by atomic mass is 15.1. The summed E-state index contributed by atoms with van der Waals surface area (Å²) >= 11 is 0. The van der Waals surface area contributed by atoms with Gasteiger partial charge in [-0.15, -0.1) is 0 Å². The van der Waals surface area contributed by atoms with Gasteiger partial charge in [0.05, 0.1) is 0 Å². The molecule has 0 aromatic carbocycles. The predicted octanol–water partition coefficient (Wildman–Crippen LogP) is 4.33. The van der Waals surface area contributed by atoms with Crippen molar-refractivity contribution in [3.63, 3.8) is 0 Å². The van der Waals surface area contributed by atoms with Crippen molar-refractivity contribution in [2.24, 2.45) is 29.6 Å². The first-order chi connectivity index (χ1) is 7.72. The van der Waals surface area contributed by atoms with Gasteiger partial charge in [0, 0.05) is 11.6 Å². The summed E-state index contributed by atoms with van der Waals surface area (Å²) in [5.41, 5.74) is 0.351. The number of hydrogen-bond acceptors (Lipinski definition) is 1. The maximum Gasteiger partial charge on any atom is 0.0233 e. The van der Waals surface area contributed by atoms with Crippen LogP contribution in [0.3, 0.4) is 0 Å². The van der Waals surface area contributed by atoms with E-state index in [0.717, 1.165) is 17.8 Å². The molecule has 0 saturated carbocycles. The Morgan fingerprint density at radius 1 is 0.824 bits per heavy atom. The van der Waals surface area contributed by atoms with Gasteiger partial charge >= 0.3 is 0 Å². The second-order valence-corrected chi connectivity index (χ2v) is 7.38. The maximum absolute atomic E-state index is 4.03. The van der Waals surface area contributed by atoms with Crippen LogP contribution in [0.5, 0.6) is 0 Å². The van der Waals surface area contributed by atoms with Gasteiger partial charge in [-0.1, -0.05) is 55.4 Å². The number of rotatable bonds is 4. The van der Waals surface area contributed by atoms with Crippen LogP contribution < -0.4 is 5.32 Å². The molecule has 0 aromatic heterocycles. The molecular formula is C16H33N. The van der Waals surface area contributed by atoms with Crippen LogP contribution in [0.15, 0.2) is 0 Å². The van der Waals surface area contributed by atoms with E-state index in [-0.39, 0.29) is 0 Å². The van der Waals surface area contributed by atoms with Gasteiger partial charge in [0.1, 0.15) is 0 Å². The van der Waals surface area contributed by atoms with Gasteiger partial charge in [0.2, 0.25) is 0 Å². The van der Waals surface area contributed by atoms with Crippen LogP contribution in [0, 0.1) is 29.6 Å². The highest BCUT2D eigenvalue weighted by Gasteiger charge is 2.49. The topological polar surface area (TPSA) is 12.0 Å². The molecule has 0 amide bonds. The van der Waals surface area contributed by atoms with Crippen molar-refractivity contribution in [3.8, 4) is 0 Å². The van der Waals surface area contributed by atoms with Gasteiger partial charge in [-0.25, -0.2) is 0 Å². The SMILES string of the molecule is CC(C)C1CC(C(C)C)(C(C)C)NC1C(C)C. The number of nitrogens with one attached hydrogen (secondary N) is 1. The first-order valence-electron chi connectivity index (χ1n) is 7.50.